The van der Waals surface area contributed by atoms with E-state index in [4.69, 9.17) is 14.2 Å². The molecule has 156 valence electrons. The van der Waals surface area contributed by atoms with Gasteiger partial charge in [-0.1, -0.05) is 30.9 Å². The first-order valence-electron chi connectivity index (χ1n) is 9.60. The Labute approximate surface area is 169 Å². The number of carbonyl (C=O) groups excluding carboxylic acids is 3. The largest absolute Gasteiger partial charge is 0.461 e. The monoisotopic (exact) mass is 402 g/mol. The molecule has 0 amide bonds. The van der Waals surface area contributed by atoms with E-state index in [1.165, 1.54) is 13.0 Å². The number of hydrogen-bond acceptors (Lipinski definition) is 7. The highest BCUT2D eigenvalue weighted by atomic mass is 16.6. The molecule has 1 saturated heterocycles. The summed E-state index contributed by atoms with van der Waals surface area (Å²) in [7, 11) is 0. The Morgan fingerprint density at radius 2 is 2.03 bits per heavy atom. The van der Waals surface area contributed by atoms with Gasteiger partial charge in [0.1, 0.15) is 24.9 Å². The quantitative estimate of drug-likeness (QED) is 0.332. The standard InChI is InChI=1S/C22H26O7/c1-6-14(9-27-13(5)23)22(26)28-19-11(3)15-8-7-10(2)16(15)20-17(18(19)24)12(4)21(25)29-20/h6-7,15-20,24H,3-4,8-9H2,1-2,5H3/b14-6+/t15-,16-,17+,18-,19+,20-/m0/s1. The summed E-state index contributed by atoms with van der Waals surface area (Å²) in [4.78, 5) is 35.9. The van der Waals surface area contributed by atoms with E-state index in [-0.39, 0.29) is 29.6 Å². The van der Waals surface area contributed by atoms with E-state index in [9.17, 15) is 19.5 Å². The summed E-state index contributed by atoms with van der Waals surface area (Å²) in [5.74, 6) is -2.75. The smallest absolute Gasteiger partial charge is 0.337 e. The van der Waals surface area contributed by atoms with Crippen molar-refractivity contribution in [1.29, 1.82) is 0 Å². The minimum Gasteiger partial charge on any atom is -0.461 e. The summed E-state index contributed by atoms with van der Waals surface area (Å²) in [6.07, 6.45) is 1.37. The van der Waals surface area contributed by atoms with Gasteiger partial charge in [-0.3, -0.25) is 4.79 Å². The molecule has 2 fully saturated rings. The van der Waals surface area contributed by atoms with Crippen molar-refractivity contribution < 1.29 is 33.7 Å². The molecule has 6 atom stereocenters. The molecule has 0 aromatic heterocycles. The van der Waals surface area contributed by atoms with E-state index in [0.717, 1.165) is 5.57 Å². The maximum Gasteiger partial charge on any atom is 0.337 e. The first-order chi connectivity index (χ1) is 13.7. The van der Waals surface area contributed by atoms with Crippen molar-refractivity contribution >= 4 is 17.9 Å². The zero-order valence-electron chi connectivity index (χ0n) is 16.8. The molecule has 7 nitrogen and oxygen atoms in total. The number of aliphatic hydroxyl groups is 1. The predicted molar refractivity (Wildman–Crippen MR) is 103 cm³/mol. The highest BCUT2D eigenvalue weighted by Crippen LogP contribution is 2.51. The van der Waals surface area contributed by atoms with Crippen LogP contribution in [0.5, 0.6) is 0 Å². The lowest BCUT2D eigenvalue weighted by Crippen LogP contribution is -2.40. The molecule has 1 saturated carbocycles. The molecule has 7 heteroatoms. The van der Waals surface area contributed by atoms with Gasteiger partial charge < -0.3 is 19.3 Å². The fraction of sp³-hybridized carbons (Fsp3) is 0.500. The zero-order chi connectivity index (χ0) is 21.5. The van der Waals surface area contributed by atoms with E-state index in [0.29, 0.717) is 12.0 Å². The van der Waals surface area contributed by atoms with Crippen molar-refractivity contribution in [2.45, 2.75) is 45.5 Å². The molecule has 1 N–H and O–H groups in total. The van der Waals surface area contributed by atoms with Crippen molar-refractivity contribution in [3.8, 4) is 0 Å². The Hall–Kier alpha value is -2.67. The summed E-state index contributed by atoms with van der Waals surface area (Å²) in [6, 6.07) is 0. The van der Waals surface area contributed by atoms with Crippen molar-refractivity contribution in [1.82, 2.24) is 0 Å². The van der Waals surface area contributed by atoms with Crippen molar-refractivity contribution in [2.75, 3.05) is 6.61 Å². The molecular weight excluding hydrogens is 376 g/mol. The first kappa shape index (κ1) is 21.0. The van der Waals surface area contributed by atoms with Gasteiger partial charge in [0.25, 0.3) is 0 Å². The van der Waals surface area contributed by atoms with Crippen LogP contribution in [0.1, 0.15) is 27.2 Å². The maximum absolute atomic E-state index is 12.7. The molecule has 0 unspecified atom stereocenters. The molecule has 0 spiro atoms. The Balaban J connectivity index is 1.89. The number of carbonyl (C=O) groups is 3. The molecule has 3 aliphatic rings. The summed E-state index contributed by atoms with van der Waals surface area (Å²) < 4.78 is 16.1. The van der Waals surface area contributed by atoms with Crippen LogP contribution >= 0.6 is 0 Å². The number of esters is 3. The van der Waals surface area contributed by atoms with Gasteiger partial charge in [-0.25, -0.2) is 9.59 Å². The summed E-state index contributed by atoms with van der Waals surface area (Å²) in [5, 5.41) is 11.1. The lowest BCUT2D eigenvalue weighted by Gasteiger charge is -2.28. The number of allylic oxidation sites excluding steroid dienone is 2. The number of fused-ring (bicyclic) bond motifs is 3. The minimum absolute atomic E-state index is 0.126. The van der Waals surface area contributed by atoms with Crippen LogP contribution < -0.4 is 0 Å². The van der Waals surface area contributed by atoms with E-state index >= 15 is 0 Å². The Morgan fingerprint density at radius 1 is 1.34 bits per heavy atom. The van der Waals surface area contributed by atoms with Crippen molar-refractivity contribution in [2.24, 2.45) is 17.8 Å². The van der Waals surface area contributed by atoms with E-state index in [1.807, 2.05) is 6.92 Å². The second-order valence-electron chi connectivity index (χ2n) is 7.72. The van der Waals surface area contributed by atoms with Crippen LogP contribution in [0.2, 0.25) is 0 Å². The molecule has 3 rings (SSSR count). The van der Waals surface area contributed by atoms with Crippen LogP contribution in [0, 0.1) is 17.8 Å². The molecule has 1 heterocycles. The minimum atomic E-state index is -1.22. The summed E-state index contributed by atoms with van der Waals surface area (Å²) in [6.45, 7) is 12.5. The normalized spacial score (nSPS) is 34.0. The Morgan fingerprint density at radius 3 is 2.66 bits per heavy atom. The van der Waals surface area contributed by atoms with E-state index in [1.54, 1.807) is 6.92 Å². The zero-order valence-corrected chi connectivity index (χ0v) is 16.8. The van der Waals surface area contributed by atoms with Gasteiger partial charge in [-0.2, -0.15) is 0 Å². The van der Waals surface area contributed by atoms with E-state index in [2.05, 4.69) is 19.2 Å². The third-order valence-corrected chi connectivity index (χ3v) is 6.06. The fourth-order valence-corrected chi connectivity index (χ4v) is 4.48. The van der Waals surface area contributed by atoms with Gasteiger partial charge in [0.2, 0.25) is 0 Å². The van der Waals surface area contributed by atoms with Crippen LogP contribution in [0.3, 0.4) is 0 Å². The highest BCUT2D eigenvalue weighted by molar-refractivity contribution is 5.91. The second kappa shape index (κ2) is 7.99. The predicted octanol–water partition coefficient (Wildman–Crippen LogP) is 2.02. The molecule has 0 bridgehead atoms. The molecular formula is C22H26O7. The molecule has 1 aliphatic heterocycles. The molecule has 2 aliphatic carbocycles. The molecule has 0 aromatic carbocycles. The van der Waals surface area contributed by atoms with Crippen LogP contribution in [0.15, 0.2) is 47.6 Å². The van der Waals surface area contributed by atoms with Crippen LogP contribution in [-0.2, 0) is 28.6 Å². The van der Waals surface area contributed by atoms with Crippen molar-refractivity contribution in [3.63, 3.8) is 0 Å². The fourth-order valence-electron chi connectivity index (χ4n) is 4.48. The van der Waals surface area contributed by atoms with Gasteiger partial charge in [-0.05, 0) is 31.8 Å². The maximum atomic E-state index is 12.7. The number of rotatable bonds is 4. The topological polar surface area (TPSA) is 99.1 Å². The average Bonchev–Trinajstić information content (AvgIpc) is 3.16. The SMILES string of the molecule is C=C1C(=O)O[C@@H]2[C@H]1[C@H](O)[C@H](OC(=O)/C(=C/C)COC(C)=O)C(=C)[C@@H]1CC=C(C)[C@H]21. The van der Waals surface area contributed by atoms with Crippen molar-refractivity contribution in [3.05, 3.63) is 47.6 Å². The third-order valence-electron chi connectivity index (χ3n) is 6.06. The number of hydrogen-bond donors (Lipinski definition) is 1. The van der Waals surface area contributed by atoms with Gasteiger partial charge in [0.15, 0.2) is 0 Å². The average molecular weight is 402 g/mol. The summed E-state index contributed by atoms with van der Waals surface area (Å²) >= 11 is 0. The number of ether oxygens (including phenoxy) is 3. The van der Waals surface area contributed by atoms with E-state index < -0.39 is 42.1 Å². The Bertz CT molecular complexity index is 834. The van der Waals surface area contributed by atoms with Gasteiger partial charge in [0, 0.05) is 18.4 Å². The lowest BCUT2D eigenvalue weighted by atomic mass is 9.80. The van der Waals surface area contributed by atoms with Crippen LogP contribution in [0.25, 0.3) is 0 Å². The second-order valence-corrected chi connectivity index (χ2v) is 7.72. The Kier molecular flexibility index (Phi) is 5.80. The molecule has 0 radical (unpaired) electrons. The third kappa shape index (κ3) is 3.67. The van der Waals surface area contributed by atoms with Crippen LogP contribution in [-0.4, -0.2) is 47.9 Å². The lowest BCUT2D eigenvalue weighted by molar-refractivity contribution is -0.151. The van der Waals surface area contributed by atoms with Crippen LogP contribution in [0.4, 0.5) is 0 Å². The first-order valence-corrected chi connectivity index (χ1v) is 9.60. The number of aliphatic hydroxyl groups excluding tert-OH is 1. The van der Waals surface area contributed by atoms with Gasteiger partial charge in [-0.15, -0.1) is 0 Å². The molecule has 29 heavy (non-hydrogen) atoms. The van der Waals surface area contributed by atoms with Gasteiger partial charge in [0.05, 0.1) is 11.5 Å². The summed E-state index contributed by atoms with van der Waals surface area (Å²) in [5.41, 5.74) is 1.95. The molecule has 0 aromatic rings. The van der Waals surface area contributed by atoms with Gasteiger partial charge >= 0.3 is 17.9 Å². The highest BCUT2D eigenvalue weighted by Gasteiger charge is 2.56.